The van der Waals surface area contributed by atoms with Crippen molar-refractivity contribution in [2.75, 3.05) is 93.0 Å². The van der Waals surface area contributed by atoms with Crippen LogP contribution in [0.1, 0.15) is 35.1 Å². The molecule has 0 amide bonds. The zero-order valence-electron chi connectivity index (χ0n) is 37.8. The first-order valence-electron chi connectivity index (χ1n) is 22.8. The van der Waals surface area contributed by atoms with Crippen molar-refractivity contribution < 1.29 is 32.1 Å². The van der Waals surface area contributed by atoms with E-state index >= 15 is 8.78 Å². The quantitative estimate of drug-likeness (QED) is 0.0735. The van der Waals surface area contributed by atoms with Crippen LogP contribution >= 0.6 is 0 Å². The van der Waals surface area contributed by atoms with Crippen molar-refractivity contribution in [2.45, 2.75) is 45.5 Å². The van der Waals surface area contributed by atoms with Crippen LogP contribution in [-0.2, 0) is 37.4 Å². The van der Waals surface area contributed by atoms with Gasteiger partial charge in [0.05, 0.1) is 66.5 Å². The highest BCUT2D eigenvalue weighted by Crippen LogP contribution is 2.34. The number of nitrogens with one attached hydrogen (secondary N) is 3. The lowest BCUT2D eigenvalue weighted by Gasteiger charge is -2.36. The molecular formula is C48H50F4N10O7. The minimum atomic E-state index is -0.623. The average molecular weight is 955 g/mol. The van der Waals surface area contributed by atoms with E-state index in [0.29, 0.717) is 147 Å². The topological polar surface area (TPSA) is 187 Å². The SMILES string of the molecule is COCn1c(=O)c2c(c3c(F)cc(CN4CCN(c5ccc([N+](=O)[O-])cc5F)CC4)cc31)NCCC2.O=c1[nH]c2cc(CN3CCN(c4ccc([N+](=O)[O-])cc4F)CC3)cc(F)c2c2c1CCCN2. The lowest BCUT2D eigenvalue weighted by atomic mass is 9.99. The summed E-state index contributed by atoms with van der Waals surface area (Å²) in [5.41, 5.74) is 4.61. The molecule has 4 aromatic carbocycles. The molecule has 69 heavy (non-hydrogen) atoms. The molecule has 0 aliphatic carbocycles. The van der Waals surface area contributed by atoms with Crippen LogP contribution in [0.3, 0.4) is 0 Å². The molecule has 2 aromatic heterocycles. The fourth-order valence-corrected chi connectivity index (χ4v) is 9.91. The van der Waals surface area contributed by atoms with Crippen molar-refractivity contribution >= 4 is 55.9 Å². The zero-order valence-corrected chi connectivity index (χ0v) is 37.8. The second kappa shape index (κ2) is 19.9. The fraction of sp³-hybridized carbons (Fsp3) is 0.375. The molecule has 0 atom stereocenters. The largest absolute Gasteiger partial charge is 0.384 e. The maximum atomic E-state index is 15.4. The number of hydrogen-bond donors (Lipinski definition) is 3. The first-order valence-corrected chi connectivity index (χ1v) is 22.8. The second-order valence-corrected chi connectivity index (χ2v) is 17.7. The summed E-state index contributed by atoms with van der Waals surface area (Å²) in [5.74, 6) is -1.99. The Morgan fingerprint density at radius 2 is 1.12 bits per heavy atom. The predicted octanol–water partition coefficient (Wildman–Crippen LogP) is 6.87. The lowest BCUT2D eigenvalue weighted by Crippen LogP contribution is -2.46. The molecule has 10 rings (SSSR count). The highest BCUT2D eigenvalue weighted by Gasteiger charge is 2.27. The van der Waals surface area contributed by atoms with Crippen molar-refractivity contribution in [1.29, 1.82) is 0 Å². The third-order valence-electron chi connectivity index (χ3n) is 13.3. The van der Waals surface area contributed by atoms with Gasteiger partial charge in [0.25, 0.3) is 22.5 Å². The van der Waals surface area contributed by atoms with Crippen molar-refractivity contribution in [3.63, 3.8) is 0 Å². The van der Waals surface area contributed by atoms with Gasteiger partial charge in [0.1, 0.15) is 18.4 Å². The van der Waals surface area contributed by atoms with E-state index in [1.54, 1.807) is 0 Å². The lowest BCUT2D eigenvalue weighted by molar-refractivity contribution is -0.385. The Morgan fingerprint density at radius 1 is 0.623 bits per heavy atom. The molecule has 0 saturated carbocycles. The van der Waals surface area contributed by atoms with Crippen LogP contribution in [0.2, 0.25) is 0 Å². The van der Waals surface area contributed by atoms with E-state index in [-0.39, 0.29) is 40.9 Å². The van der Waals surface area contributed by atoms with Crippen LogP contribution in [0.4, 0.5) is 51.7 Å². The number of hydrogen-bond acceptors (Lipinski definition) is 13. The predicted molar refractivity (Wildman–Crippen MR) is 254 cm³/mol. The van der Waals surface area contributed by atoms with Gasteiger partial charge >= 0.3 is 0 Å². The average Bonchev–Trinajstić information content (AvgIpc) is 3.33. The molecule has 4 aliphatic heterocycles. The van der Waals surface area contributed by atoms with Crippen LogP contribution in [0.5, 0.6) is 0 Å². The summed E-state index contributed by atoms with van der Waals surface area (Å²) < 4.78 is 66.0. The van der Waals surface area contributed by atoms with Crippen LogP contribution in [-0.4, -0.2) is 102 Å². The number of methoxy groups -OCH3 is 1. The summed E-state index contributed by atoms with van der Waals surface area (Å²) in [6.07, 6.45) is 2.89. The standard InChI is InChI=1S/C25H27F2N5O4.C23H23F2N5O3/c1-36-15-31-22-12-16(11-20(27)23(22)24-18(25(31)33)3-2-6-28-24)14-29-7-9-30(10-8-29)21-5-4-17(32(34)35)13-19(21)26;24-17-12-15(30(32)33)3-4-20(17)29-8-6-28(7-9-29)13-14-10-18(25)21-19(11-14)27-23(31)16-2-1-5-26-22(16)21/h4-5,11-13,28H,2-3,6-10,14-15H2,1H3;3-4,10-12,26H,1-2,5-9,13H2,(H,27,31). The molecule has 2 fully saturated rings. The van der Waals surface area contributed by atoms with Gasteiger partial charge in [-0.3, -0.25) is 44.2 Å². The monoisotopic (exact) mass is 954 g/mol. The number of H-pyrrole nitrogens is 1. The number of non-ortho nitro benzene ring substituents is 2. The first-order chi connectivity index (χ1) is 33.3. The number of nitrogens with zero attached hydrogens (tertiary/aromatic N) is 7. The van der Waals surface area contributed by atoms with Gasteiger partial charge in [0, 0.05) is 109 Å². The highest BCUT2D eigenvalue weighted by atomic mass is 19.1. The number of aromatic nitrogens is 2. The van der Waals surface area contributed by atoms with E-state index in [2.05, 4.69) is 25.4 Å². The number of anilines is 4. The highest BCUT2D eigenvalue weighted by molar-refractivity contribution is 5.95. The number of pyridine rings is 2. The number of nitro benzene ring substituents is 2. The number of rotatable bonds is 10. The van der Waals surface area contributed by atoms with E-state index in [0.717, 1.165) is 36.1 Å². The zero-order chi connectivity index (χ0) is 48.5. The van der Waals surface area contributed by atoms with Crippen molar-refractivity contribution in [1.82, 2.24) is 19.4 Å². The Bertz CT molecular complexity index is 3100. The summed E-state index contributed by atoms with van der Waals surface area (Å²) in [4.78, 5) is 56.8. The van der Waals surface area contributed by atoms with E-state index in [1.165, 1.54) is 48.1 Å². The second-order valence-electron chi connectivity index (χ2n) is 17.7. The van der Waals surface area contributed by atoms with Gasteiger partial charge in [-0.05, 0) is 73.2 Å². The van der Waals surface area contributed by atoms with Gasteiger partial charge in [0.15, 0.2) is 11.6 Å². The van der Waals surface area contributed by atoms with Gasteiger partial charge < -0.3 is 30.2 Å². The van der Waals surface area contributed by atoms with Crippen LogP contribution in [0, 0.1) is 43.5 Å². The first kappa shape index (κ1) is 47.0. The van der Waals surface area contributed by atoms with Gasteiger partial charge in [-0.15, -0.1) is 0 Å². The number of halogens is 4. The minimum absolute atomic E-state index is 0.0327. The van der Waals surface area contributed by atoms with Crippen LogP contribution < -0.4 is 31.6 Å². The van der Waals surface area contributed by atoms with Gasteiger partial charge in [-0.25, -0.2) is 17.6 Å². The Kier molecular flexibility index (Phi) is 13.5. The van der Waals surface area contributed by atoms with Gasteiger partial charge in [-0.2, -0.15) is 0 Å². The number of benzene rings is 4. The molecule has 21 heteroatoms. The summed E-state index contributed by atoms with van der Waals surface area (Å²) in [6, 6.07) is 14.0. The third kappa shape index (κ3) is 9.66. The third-order valence-corrected chi connectivity index (χ3v) is 13.3. The summed E-state index contributed by atoms with van der Waals surface area (Å²) in [7, 11) is 1.50. The molecule has 0 radical (unpaired) electrons. The molecule has 2 saturated heterocycles. The number of piperazine rings is 2. The fourth-order valence-electron chi connectivity index (χ4n) is 9.91. The van der Waals surface area contributed by atoms with Gasteiger partial charge in [0.2, 0.25) is 0 Å². The molecule has 0 bridgehead atoms. The van der Waals surface area contributed by atoms with E-state index in [9.17, 15) is 38.6 Å². The smallest absolute Gasteiger partial charge is 0.272 e. The summed E-state index contributed by atoms with van der Waals surface area (Å²) >= 11 is 0. The van der Waals surface area contributed by atoms with Crippen LogP contribution in [0.15, 0.2) is 70.3 Å². The Hall–Kier alpha value is -7.10. The number of fused-ring (bicyclic) bond motifs is 6. The summed E-state index contributed by atoms with van der Waals surface area (Å²) in [5, 5.41) is 28.9. The van der Waals surface area contributed by atoms with Crippen LogP contribution in [0.25, 0.3) is 21.8 Å². The number of nitro groups is 2. The van der Waals surface area contributed by atoms with Gasteiger partial charge in [-0.1, -0.05) is 0 Å². The van der Waals surface area contributed by atoms with Crippen molar-refractivity contribution in [3.8, 4) is 0 Å². The Labute approximate surface area is 392 Å². The number of ether oxygens (including phenoxy) is 1. The maximum Gasteiger partial charge on any atom is 0.272 e. The minimum Gasteiger partial charge on any atom is -0.384 e. The molecular weight excluding hydrogens is 905 g/mol. The molecule has 0 unspecified atom stereocenters. The Balaban J connectivity index is 0.000000172. The molecule has 362 valence electrons. The van der Waals surface area contributed by atoms with Crippen molar-refractivity contribution in [3.05, 3.63) is 147 Å². The normalized spacial score (nSPS) is 16.3. The maximum absolute atomic E-state index is 15.4. The molecule has 4 aliphatic rings. The molecule has 6 aromatic rings. The molecule has 17 nitrogen and oxygen atoms in total. The van der Waals surface area contributed by atoms with Crippen molar-refractivity contribution in [2.24, 2.45) is 0 Å². The number of aromatic amines is 1. The summed E-state index contributed by atoms with van der Waals surface area (Å²) in [6.45, 7) is 6.99. The van der Waals surface area contributed by atoms with E-state index < -0.39 is 21.5 Å². The van der Waals surface area contributed by atoms with E-state index in [1.807, 2.05) is 21.9 Å². The molecule has 3 N–H and O–H groups in total. The molecule has 6 heterocycles. The van der Waals surface area contributed by atoms with E-state index in [4.69, 9.17) is 4.74 Å². The Morgan fingerprint density at radius 3 is 1.62 bits per heavy atom. The molecule has 0 spiro atoms.